The summed E-state index contributed by atoms with van der Waals surface area (Å²) < 4.78 is 30.5. The molecule has 0 unspecified atom stereocenters. The van der Waals surface area contributed by atoms with Crippen molar-refractivity contribution in [2.24, 2.45) is 5.73 Å². The lowest BCUT2D eigenvalue weighted by Gasteiger charge is -2.10. The van der Waals surface area contributed by atoms with Gasteiger partial charge in [-0.05, 0) is 6.42 Å². The molecule has 0 radical (unpaired) electrons. The molecule has 1 aromatic carbocycles. The molecule has 0 saturated carbocycles. The number of rotatable bonds is 4. The van der Waals surface area contributed by atoms with Gasteiger partial charge in [-0.3, -0.25) is 0 Å². The molecule has 0 saturated heterocycles. The molecule has 2 nitrogen and oxygen atoms in total. The van der Waals surface area contributed by atoms with Crippen molar-refractivity contribution in [3.8, 4) is 5.75 Å². The first-order valence-corrected chi connectivity index (χ1v) is 4.46. The van der Waals surface area contributed by atoms with Gasteiger partial charge in [0.1, 0.15) is 24.0 Å². The maximum Gasteiger partial charge on any atom is 0.129 e. The van der Waals surface area contributed by atoms with E-state index < -0.39 is 11.6 Å². The third-order valence-electron chi connectivity index (χ3n) is 1.82. The monoisotopic (exact) mass is 201 g/mol. The smallest absolute Gasteiger partial charge is 0.129 e. The summed E-state index contributed by atoms with van der Waals surface area (Å²) in [5.41, 5.74) is 5.58. The molecule has 0 aliphatic heterocycles. The van der Waals surface area contributed by atoms with Gasteiger partial charge >= 0.3 is 0 Å². The van der Waals surface area contributed by atoms with Gasteiger partial charge in [-0.25, -0.2) is 8.78 Å². The molecule has 0 heterocycles. The van der Waals surface area contributed by atoms with Crippen LogP contribution in [0.5, 0.6) is 5.75 Å². The van der Waals surface area contributed by atoms with Crippen LogP contribution in [0.1, 0.15) is 13.3 Å². The van der Waals surface area contributed by atoms with Crippen LogP contribution in [0, 0.1) is 11.6 Å². The normalized spacial score (nSPS) is 12.6. The summed E-state index contributed by atoms with van der Waals surface area (Å²) in [6.45, 7) is 2.18. The van der Waals surface area contributed by atoms with Crippen LogP contribution in [0.3, 0.4) is 0 Å². The Morgan fingerprint density at radius 3 is 2.36 bits per heavy atom. The summed E-state index contributed by atoms with van der Waals surface area (Å²) in [4.78, 5) is 0. The molecule has 0 aliphatic carbocycles. The van der Waals surface area contributed by atoms with Crippen LogP contribution >= 0.6 is 0 Å². The fourth-order valence-electron chi connectivity index (χ4n) is 0.933. The van der Waals surface area contributed by atoms with Crippen molar-refractivity contribution in [3.63, 3.8) is 0 Å². The van der Waals surface area contributed by atoms with Gasteiger partial charge in [0.05, 0.1) is 0 Å². The van der Waals surface area contributed by atoms with Gasteiger partial charge in [-0.1, -0.05) is 6.92 Å². The van der Waals surface area contributed by atoms with E-state index in [-0.39, 0.29) is 18.4 Å². The van der Waals surface area contributed by atoms with E-state index in [1.807, 2.05) is 6.92 Å². The van der Waals surface area contributed by atoms with Crippen molar-refractivity contribution < 1.29 is 13.5 Å². The van der Waals surface area contributed by atoms with E-state index in [0.717, 1.165) is 24.6 Å². The Morgan fingerprint density at radius 1 is 1.29 bits per heavy atom. The van der Waals surface area contributed by atoms with Crippen LogP contribution < -0.4 is 10.5 Å². The standard InChI is InChI=1S/C10H13F2NO/c1-2-9(13)6-14-10-4-7(11)3-8(12)5-10/h3-5,9H,2,6,13H2,1H3/t9-/m0/s1. The molecule has 14 heavy (non-hydrogen) atoms. The van der Waals surface area contributed by atoms with E-state index in [1.54, 1.807) is 0 Å². The number of nitrogens with two attached hydrogens (primary N) is 1. The predicted octanol–water partition coefficient (Wildman–Crippen LogP) is 2.08. The van der Waals surface area contributed by atoms with Crippen molar-refractivity contribution in [1.29, 1.82) is 0 Å². The third-order valence-corrected chi connectivity index (χ3v) is 1.82. The average Bonchev–Trinajstić information content (AvgIpc) is 2.12. The highest BCUT2D eigenvalue weighted by Crippen LogP contribution is 2.15. The van der Waals surface area contributed by atoms with Crippen LogP contribution in [-0.2, 0) is 0 Å². The molecule has 4 heteroatoms. The Labute approximate surface area is 81.7 Å². The second kappa shape index (κ2) is 4.91. The minimum Gasteiger partial charge on any atom is -0.492 e. The summed E-state index contributed by atoms with van der Waals surface area (Å²) in [7, 11) is 0. The molecular formula is C10H13F2NO. The molecule has 0 fully saturated rings. The zero-order valence-corrected chi connectivity index (χ0v) is 7.97. The van der Waals surface area contributed by atoms with E-state index in [9.17, 15) is 8.78 Å². The molecule has 1 rings (SSSR count). The highest BCUT2D eigenvalue weighted by atomic mass is 19.1. The SMILES string of the molecule is CC[C@H](N)COc1cc(F)cc(F)c1. The fraction of sp³-hybridized carbons (Fsp3) is 0.400. The average molecular weight is 201 g/mol. The van der Waals surface area contributed by atoms with Gasteiger partial charge in [0.15, 0.2) is 0 Å². The topological polar surface area (TPSA) is 35.2 Å². The van der Waals surface area contributed by atoms with Crippen molar-refractivity contribution in [2.45, 2.75) is 19.4 Å². The summed E-state index contributed by atoms with van der Waals surface area (Å²) >= 11 is 0. The first kappa shape index (κ1) is 10.9. The molecule has 78 valence electrons. The first-order valence-electron chi connectivity index (χ1n) is 4.46. The Bertz CT molecular complexity index is 284. The third kappa shape index (κ3) is 3.30. The highest BCUT2D eigenvalue weighted by Gasteiger charge is 2.03. The lowest BCUT2D eigenvalue weighted by molar-refractivity contribution is 0.282. The number of benzene rings is 1. The van der Waals surface area contributed by atoms with Crippen molar-refractivity contribution in [3.05, 3.63) is 29.8 Å². The Kier molecular flexibility index (Phi) is 3.83. The predicted molar refractivity (Wildman–Crippen MR) is 50.1 cm³/mol. The van der Waals surface area contributed by atoms with Gasteiger partial charge in [-0.2, -0.15) is 0 Å². The largest absolute Gasteiger partial charge is 0.492 e. The maximum atomic E-state index is 12.7. The van der Waals surface area contributed by atoms with Crippen LogP contribution in [0.2, 0.25) is 0 Å². The van der Waals surface area contributed by atoms with Gasteiger partial charge < -0.3 is 10.5 Å². The number of ether oxygens (including phenoxy) is 1. The van der Waals surface area contributed by atoms with Gasteiger partial charge in [0.25, 0.3) is 0 Å². The zero-order valence-electron chi connectivity index (χ0n) is 7.97. The maximum absolute atomic E-state index is 12.7. The van der Waals surface area contributed by atoms with E-state index >= 15 is 0 Å². The van der Waals surface area contributed by atoms with E-state index in [1.165, 1.54) is 0 Å². The number of hydrogen-bond donors (Lipinski definition) is 1. The van der Waals surface area contributed by atoms with Crippen LogP contribution in [0.25, 0.3) is 0 Å². The summed E-state index contributed by atoms with van der Waals surface area (Å²) in [6.07, 6.45) is 0.762. The zero-order chi connectivity index (χ0) is 10.6. The highest BCUT2D eigenvalue weighted by molar-refractivity contribution is 5.23. The van der Waals surface area contributed by atoms with Crippen molar-refractivity contribution in [2.75, 3.05) is 6.61 Å². The molecule has 1 atom stereocenters. The second-order valence-corrected chi connectivity index (χ2v) is 3.08. The summed E-state index contributed by atoms with van der Waals surface area (Å²) in [5.74, 6) is -1.12. The lowest BCUT2D eigenvalue weighted by Crippen LogP contribution is -2.26. The fourth-order valence-corrected chi connectivity index (χ4v) is 0.933. The molecule has 2 N–H and O–H groups in total. The van der Waals surface area contributed by atoms with Gasteiger partial charge in [-0.15, -0.1) is 0 Å². The lowest BCUT2D eigenvalue weighted by atomic mass is 10.2. The van der Waals surface area contributed by atoms with Crippen LogP contribution in [0.4, 0.5) is 8.78 Å². The minimum absolute atomic E-state index is 0.110. The van der Waals surface area contributed by atoms with Gasteiger partial charge in [0.2, 0.25) is 0 Å². The summed E-state index contributed by atoms with van der Waals surface area (Å²) in [5, 5.41) is 0. The molecule has 1 aromatic rings. The summed E-state index contributed by atoms with van der Waals surface area (Å²) in [6, 6.07) is 2.95. The minimum atomic E-state index is -0.648. The van der Waals surface area contributed by atoms with Gasteiger partial charge in [0, 0.05) is 24.2 Å². The molecule has 0 aromatic heterocycles. The van der Waals surface area contributed by atoms with E-state index in [0.29, 0.717) is 0 Å². The molecule has 0 spiro atoms. The van der Waals surface area contributed by atoms with E-state index in [2.05, 4.69) is 0 Å². The molecular weight excluding hydrogens is 188 g/mol. The van der Waals surface area contributed by atoms with Crippen LogP contribution in [-0.4, -0.2) is 12.6 Å². The van der Waals surface area contributed by atoms with Crippen LogP contribution in [0.15, 0.2) is 18.2 Å². The Balaban J connectivity index is 2.58. The second-order valence-electron chi connectivity index (χ2n) is 3.08. The number of halogens is 2. The van der Waals surface area contributed by atoms with Crippen molar-refractivity contribution in [1.82, 2.24) is 0 Å². The Morgan fingerprint density at radius 2 is 1.86 bits per heavy atom. The van der Waals surface area contributed by atoms with Crippen molar-refractivity contribution >= 4 is 0 Å². The number of hydrogen-bond acceptors (Lipinski definition) is 2. The quantitative estimate of drug-likeness (QED) is 0.809. The first-order chi connectivity index (χ1) is 6.61. The molecule has 0 bridgehead atoms. The molecule has 0 aliphatic rings. The molecule has 0 amide bonds. The van der Waals surface area contributed by atoms with E-state index in [4.69, 9.17) is 10.5 Å². The Hall–Kier alpha value is -1.16.